The highest BCUT2D eigenvalue weighted by Gasteiger charge is 2.15. The van der Waals surface area contributed by atoms with Crippen LogP contribution in [0.2, 0.25) is 0 Å². The number of nitrogens with one attached hydrogen (secondary N) is 2. The summed E-state index contributed by atoms with van der Waals surface area (Å²) in [4.78, 5) is 16.1. The molecule has 1 aromatic carbocycles. The van der Waals surface area contributed by atoms with Crippen LogP contribution in [0.1, 0.15) is 23.7 Å². The standard InChI is InChI=1S/C17H21N3O2/c1-13-8-9-15(20-12-13)18-10-5-11-19-17(22)16(21)14-6-3-2-4-7-14/h2-4,6-9,12,16,21H,5,10-11H2,1H3,(H,18,20)(H,19,22)/t16-/m1/s1. The number of carbonyl (C=O) groups is 1. The van der Waals surface area contributed by atoms with E-state index in [-0.39, 0.29) is 5.91 Å². The van der Waals surface area contributed by atoms with E-state index in [2.05, 4.69) is 15.6 Å². The topological polar surface area (TPSA) is 74.2 Å². The smallest absolute Gasteiger partial charge is 0.253 e. The molecule has 1 atom stereocenters. The molecule has 3 N–H and O–H groups in total. The SMILES string of the molecule is Cc1ccc(NCCCNC(=O)[C@H](O)c2ccccc2)nc1. The van der Waals surface area contributed by atoms with Crippen molar-refractivity contribution in [3.63, 3.8) is 0 Å². The summed E-state index contributed by atoms with van der Waals surface area (Å²) >= 11 is 0. The van der Waals surface area contributed by atoms with Crippen LogP contribution in [0.4, 0.5) is 5.82 Å². The number of aryl methyl sites for hydroxylation is 1. The van der Waals surface area contributed by atoms with Gasteiger partial charge in [0, 0.05) is 19.3 Å². The average Bonchev–Trinajstić information content (AvgIpc) is 2.56. The second-order valence-corrected chi connectivity index (χ2v) is 5.11. The number of nitrogens with zero attached hydrogens (tertiary/aromatic N) is 1. The molecule has 5 heteroatoms. The zero-order chi connectivity index (χ0) is 15.8. The lowest BCUT2D eigenvalue weighted by molar-refractivity contribution is -0.129. The molecule has 1 aromatic heterocycles. The van der Waals surface area contributed by atoms with Crippen LogP contribution in [0.25, 0.3) is 0 Å². The van der Waals surface area contributed by atoms with Gasteiger partial charge in [0.2, 0.25) is 0 Å². The minimum absolute atomic E-state index is 0.375. The summed E-state index contributed by atoms with van der Waals surface area (Å²) in [5.74, 6) is 0.445. The Labute approximate surface area is 130 Å². The maximum atomic E-state index is 11.8. The van der Waals surface area contributed by atoms with Gasteiger partial charge in [-0.25, -0.2) is 4.98 Å². The first kappa shape index (κ1) is 16.0. The molecule has 1 amide bonds. The number of pyridine rings is 1. The van der Waals surface area contributed by atoms with E-state index >= 15 is 0 Å². The maximum absolute atomic E-state index is 11.8. The van der Waals surface area contributed by atoms with Crippen LogP contribution in [0.5, 0.6) is 0 Å². The van der Waals surface area contributed by atoms with Gasteiger partial charge in [0.15, 0.2) is 6.10 Å². The number of anilines is 1. The molecule has 0 bridgehead atoms. The Morgan fingerprint density at radius 2 is 1.95 bits per heavy atom. The highest BCUT2D eigenvalue weighted by Crippen LogP contribution is 2.11. The van der Waals surface area contributed by atoms with Crippen molar-refractivity contribution in [2.24, 2.45) is 0 Å². The Bertz CT molecular complexity index is 585. The summed E-state index contributed by atoms with van der Waals surface area (Å²) in [7, 11) is 0. The molecule has 0 fully saturated rings. The number of rotatable bonds is 7. The van der Waals surface area contributed by atoms with E-state index < -0.39 is 6.10 Å². The lowest BCUT2D eigenvalue weighted by Gasteiger charge is -2.12. The first-order chi connectivity index (χ1) is 10.7. The molecule has 0 saturated carbocycles. The van der Waals surface area contributed by atoms with E-state index in [0.29, 0.717) is 18.7 Å². The molecule has 0 radical (unpaired) electrons. The van der Waals surface area contributed by atoms with Crippen molar-refractivity contribution in [1.82, 2.24) is 10.3 Å². The summed E-state index contributed by atoms with van der Waals surface area (Å²) < 4.78 is 0. The number of carbonyl (C=O) groups excluding carboxylic acids is 1. The van der Waals surface area contributed by atoms with Crippen molar-refractivity contribution in [3.05, 3.63) is 59.8 Å². The monoisotopic (exact) mass is 299 g/mol. The lowest BCUT2D eigenvalue weighted by Crippen LogP contribution is -2.30. The van der Waals surface area contributed by atoms with Gasteiger partial charge in [-0.2, -0.15) is 0 Å². The van der Waals surface area contributed by atoms with Gasteiger partial charge in [0.1, 0.15) is 5.82 Å². The van der Waals surface area contributed by atoms with Gasteiger partial charge < -0.3 is 15.7 Å². The summed E-state index contributed by atoms with van der Waals surface area (Å²) in [6, 6.07) is 12.8. The van der Waals surface area contributed by atoms with Gasteiger partial charge in [-0.15, -0.1) is 0 Å². The van der Waals surface area contributed by atoms with Crippen LogP contribution in [0.15, 0.2) is 48.7 Å². The third-order valence-electron chi connectivity index (χ3n) is 3.23. The van der Waals surface area contributed by atoms with E-state index in [1.165, 1.54) is 0 Å². The highest BCUT2D eigenvalue weighted by molar-refractivity contribution is 5.81. The fourth-order valence-corrected chi connectivity index (χ4v) is 1.97. The van der Waals surface area contributed by atoms with E-state index in [1.807, 2.05) is 25.1 Å². The second-order valence-electron chi connectivity index (χ2n) is 5.11. The van der Waals surface area contributed by atoms with E-state index in [0.717, 1.165) is 17.8 Å². The van der Waals surface area contributed by atoms with Crippen LogP contribution in [0.3, 0.4) is 0 Å². The number of hydrogen-bond acceptors (Lipinski definition) is 4. The Morgan fingerprint density at radius 1 is 1.18 bits per heavy atom. The summed E-state index contributed by atoms with van der Waals surface area (Å²) in [5.41, 5.74) is 1.72. The molecule has 0 unspecified atom stereocenters. The molecule has 0 saturated heterocycles. The molecule has 0 aliphatic rings. The predicted octanol–water partition coefficient (Wildman–Crippen LogP) is 2.04. The number of amides is 1. The molecule has 116 valence electrons. The number of aliphatic hydroxyl groups excluding tert-OH is 1. The number of benzene rings is 1. The zero-order valence-corrected chi connectivity index (χ0v) is 12.6. The number of aromatic nitrogens is 1. The molecule has 2 rings (SSSR count). The van der Waals surface area contributed by atoms with Crippen molar-refractivity contribution in [3.8, 4) is 0 Å². The van der Waals surface area contributed by atoms with Crippen molar-refractivity contribution in [2.45, 2.75) is 19.4 Å². The van der Waals surface area contributed by atoms with E-state index in [9.17, 15) is 9.90 Å². The van der Waals surface area contributed by atoms with Gasteiger partial charge in [-0.05, 0) is 30.5 Å². The Kier molecular flexibility index (Phi) is 5.91. The van der Waals surface area contributed by atoms with Crippen LogP contribution in [-0.4, -0.2) is 29.1 Å². The molecule has 5 nitrogen and oxygen atoms in total. The highest BCUT2D eigenvalue weighted by atomic mass is 16.3. The minimum atomic E-state index is -1.12. The van der Waals surface area contributed by atoms with Gasteiger partial charge in [-0.1, -0.05) is 36.4 Å². The molecule has 22 heavy (non-hydrogen) atoms. The number of hydrogen-bond donors (Lipinski definition) is 3. The Hall–Kier alpha value is -2.40. The number of aliphatic hydroxyl groups is 1. The largest absolute Gasteiger partial charge is 0.378 e. The fraction of sp³-hybridized carbons (Fsp3) is 0.294. The Morgan fingerprint density at radius 3 is 2.64 bits per heavy atom. The van der Waals surface area contributed by atoms with Crippen LogP contribution in [0, 0.1) is 6.92 Å². The Balaban J connectivity index is 1.66. The zero-order valence-electron chi connectivity index (χ0n) is 12.6. The first-order valence-corrected chi connectivity index (χ1v) is 7.34. The lowest BCUT2D eigenvalue weighted by atomic mass is 10.1. The van der Waals surface area contributed by atoms with Crippen LogP contribution in [-0.2, 0) is 4.79 Å². The molecular weight excluding hydrogens is 278 g/mol. The van der Waals surface area contributed by atoms with Crippen molar-refractivity contribution in [2.75, 3.05) is 18.4 Å². The third-order valence-corrected chi connectivity index (χ3v) is 3.23. The van der Waals surface area contributed by atoms with Gasteiger partial charge in [-0.3, -0.25) is 4.79 Å². The quantitative estimate of drug-likeness (QED) is 0.684. The van der Waals surface area contributed by atoms with Gasteiger partial charge in [0.25, 0.3) is 5.91 Å². The summed E-state index contributed by atoms with van der Waals surface area (Å²) in [5, 5.41) is 15.8. The molecule has 1 heterocycles. The maximum Gasteiger partial charge on any atom is 0.253 e. The van der Waals surface area contributed by atoms with Gasteiger partial charge >= 0.3 is 0 Å². The van der Waals surface area contributed by atoms with Crippen molar-refractivity contribution in [1.29, 1.82) is 0 Å². The average molecular weight is 299 g/mol. The minimum Gasteiger partial charge on any atom is -0.378 e. The second kappa shape index (κ2) is 8.14. The molecule has 0 aliphatic heterocycles. The van der Waals surface area contributed by atoms with Crippen molar-refractivity contribution < 1.29 is 9.90 Å². The van der Waals surface area contributed by atoms with E-state index in [1.54, 1.807) is 30.5 Å². The molecule has 0 spiro atoms. The molecule has 0 aliphatic carbocycles. The summed E-state index contributed by atoms with van der Waals surface area (Å²) in [6.07, 6.45) is 1.44. The third kappa shape index (κ3) is 4.86. The van der Waals surface area contributed by atoms with Crippen LogP contribution >= 0.6 is 0 Å². The summed E-state index contributed by atoms with van der Waals surface area (Å²) in [6.45, 7) is 3.20. The van der Waals surface area contributed by atoms with Crippen molar-refractivity contribution >= 4 is 11.7 Å². The fourth-order valence-electron chi connectivity index (χ4n) is 1.97. The molecular formula is C17H21N3O2. The predicted molar refractivity (Wildman–Crippen MR) is 86.5 cm³/mol. The normalized spacial score (nSPS) is 11.7. The van der Waals surface area contributed by atoms with Gasteiger partial charge in [0.05, 0.1) is 0 Å². The van der Waals surface area contributed by atoms with E-state index in [4.69, 9.17) is 0 Å². The van der Waals surface area contributed by atoms with Crippen LogP contribution < -0.4 is 10.6 Å². The molecule has 2 aromatic rings. The first-order valence-electron chi connectivity index (χ1n) is 7.34.